The van der Waals surface area contributed by atoms with E-state index < -0.39 is 113 Å². The Morgan fingerprint density at radius 3 is 1.45 bits per heavy atom. The third kappa shape index (κ3) is 21.8. The monoisotopic (exact) mass is 916 g/mol. The second-order valence-corrected chi connectivity index (χ2v) is 18.3. The van der Waals surface area contributed by atoms with Gasteiger partial charge < -0.3 is 73.7 Å². The molecular weight excluding hydrogens is 835 g/mol. The molecule has 0 aromatic rings. The topological polar surface area (TPSA) is 291 Å². The summed E-state index contributed by atoms with van der Waals surface area (Å²) >= 11 is 0. The van der Waals surface area contributed by atoms with Crippen molar-refractivity contribution in [2.24, 2.45) is 0 Å². The Bertz CT molecular complexity index is 1230. The molecule has 1 unspecified atom stereocenters. The Morgan fingerprint density at radius 2 is 0.984 bits per heavy atom. The van der Waals surface area contributed by atoms with E-state index in [0.717, 1.165) is 51.4 Å². The SMILES string of the molecule is CCCCCCCCCCCCCC(=O)OC[C@H](COP(=O)([O-])O[C@@H]1[C@@H](O)[C@H](O)[C@@H](O)[C@H](O)[C@@H]1O[C@H]1O[C@H](CO)[C@@H](O)[C@H](O)[C@@H]1O)OC(=O)CCCCCCCCCCCCC. The highest BCUT2D eigenvalue weighted by Crippen LogP contribution is 2.44. The lowest BCUT2D eigenvalue weighted by atomic mass is 9.84. The number of phosphoric acid groups is 1. The number of aliphatic hydroxyl groups excluding tert-OH is 8. The molecule has 1 heterocycles. The number of aliphatic hydroxyl groups is 8. The minimum Gasteiger partial charge on any atom is -0.756 e. The fourth-order valence-corrected chi connectivity index (χ4v) is 8.59. The lowest BCUT2D eigenvalue weighted by Gasteiger charge is -2.47. The van der Waals surface area contributed by atoms with Crippen LogP contribution in [0.4, 0.5) is 0 Å². The Hall–Kier alpha value is -1.35. The Balaban J connectivity index is 2.00. The van der Waals surface area contributed by atoms with E-state index >= 15 is 0 Å². The summed E-state index contributed by atoms with van der Waals surface area (Å²) in [5.74, 6) is -1.25. The maximum absolute atomic E-state index is 13.2. The average Bonchev–Trinajstić information content (AvgIpc) is 3.25. The van der Waals surface area contributed by atoms with Gasteiger partial charge in [-0.15, -0.1) is 0 Å². The highest BCUT2D eigenvalue weighted by Gasteiger charge is 2.54. The summed E-state index contributed by atoms with van der Waals surface area (Å²) in [6.45, 7) is 2.08. The van der Waals surface area contributed by atoms with E-state index in [4.69, 9.17) is 28.0 Å². The van der Waals surface area contributed by atoms with Crippen molar-refractivity contribution in [3.05, 3.63) is 0 Å². The van der Waals surface area contributed by atoms with Crippen LogP contribution < -0.4 is 4.89 Å². The number of ether oxygens (including phenoxy) is 4. The lowest BCUT2D eigenvalue weighted by Crippen LogP contribution is -2.67. The number of hydrogen-bond donors (Lipinski definition) is 8. The van der Waals surface area contributed by atoms with Crippen LogP contribution in [0.5, 0.6) is 0 Å². The van der Waals surface area contributed by atoms with Crippen molar-refractivity contribution in [2.75, 3.05) is 19.8 Å². The molecule has 0 bridgehead atoms. The fraction of sp³-hybridized carbons (Fsp3) is 0.953. The molecule has 18 nitrogen and oxygen atoms in total. The molecule has 62 heavy (non-hydrogen) atoms. The molecule has 1 saturated heterocycles. The molecule has 2 rings (SSSR count). The predicted molar refractivity (Wildman–Crippen MR) is 224 cm³/mol. The number of carbonyl (C=O) groups is 2. The maximum Gasteiger partial charge on any atom is 0.306 e. The van der Waals surface area contributed by atoms with Crippen LogP contribution in [0.1, 0.15) is 168 Å². The smallest absolute Gasteiger partial charge is 0.306 e. The summed E-state index contributed by atoms with van der Waals surface area (Å²) < 4.78 is 44.8. The first-order chi connectivity index (χ1) is 29.7. The van der Waals surface area contributed by atoms with Gasteiger partial charge >= 0.3 is 11.9 Å². The lowest BCUT2D eigenvalue weighted by molar-refractivity contribution is -0.341. The molecular formula is C43H80O18P-. The zero-order valence-electron chi connectivity index (χ0n) is 37.1. The second kappa shape index (κ2) is 32.3. The molecule has 19 heteroatoms. The Labute approximate surface area is 368 Å². The number of rotatable bonds is 35. The van der Waals surface area contributed by atoms with Gasteiger partial charge in [0.15, 0.2) is 12.4 Å². The number of esters is 2. The van der Waals surface area contributed by atoms with Crippen LogP contribution in [0.2, 0.25) is 0 Å². The van der Waals surface area contributed by atoms with Gasteiger partial charge in [-0.1, -0.05) is 142 Å². The maximum atomic E-state index is 13.2. The van der Waals surface area contributed by atoms with Gasteiger partial charge in [0.25, 0.3) is 7.82 Å². The van der Waals surface area contributed by atoms with Crippen LogP contribution >= 0.6 is 7.82 Å². The molecule has 8 N–H and O–H groups in total. The van der Waals surface area contributed by atoms with E-state index in [1.165, 1.54) is 77.0 Å². The van der Waals surface area contributed by atoms with E-state index in [2.05, 4.69) is 13.8 Å². The Morgan fingerprint density at radius 1 is 0.565 bits per heavy atom. The minimum atomic E-state index is -5.61. The third-order valence-electron chi connectivity index (χ3n) is 11.6. The quantitative estimate of drug-likeness (QED) is 0.0257. The molecule has 0 aromatic heterocycles. The van der Waals surface area contributed by atoms with Crippen molar-refractivity contribution in [2.45, 2.75) is 241 Å². The summed E-state index contributed by atoms with van der Waals surface area (Å²) in [4.78, 5) is 38.7. The molecule has 0 spiro atoms. The van der Waals surface area contributed by atoms with Gasteiger partial charge in [0.1, 0.15) is 67.6 Å². The fourth-order valence-electron chi connectivity index (χ4n) is 7.64. The molecule has 2 fully saturated rings. The molecule has 0 amide bonds. The van der Waals surface area contributed by atoms with Crippen LogP contribution in [0.3, 0.4) is 0 Å². The predicted octanol–water partition coefficient (Wildman–Crippen LogP) is 3.36. The van der Waals surface area contributed by atoms with Gasteiger partial charge in [0.2, 0.25) is 0 Å². The van der Waals surface area contributed by atoms with Crippen molar-refractivity contribution < 1.29 is 87.9 Å². The first-order valence-corrected chi connectivity index (χ1v) is 24.8. The van der Waals surface area contributed by atoms with E-state index in [1.807, 2.05) is 0 Å². The highest BCUT2D eigenvalue weighted by molar-refractivity contribution is 7.45. The molecule has 0 aromatic carbocycles. The molecule has 366 valence electrons. The zero-order valence-corrected chi connectivity index (χ0v) is 38.0. The van der Waals surface area contributed by atoms with Crippen LogP contribution in [0.15, 0.2) is 0 Å². The molecule has 1 aliphatic heterocycles. The van der Waals surface area contributed by atoms with E-state index in [0.29, 0.717) is 12.8 Å². The van der Waals surface area contributed by atoms with Crippen LogP contribution in [-0.2, 0) is 42.1 Å². The number of phosphoric ester groups is 1. The summed E-state index contributed by atoms with van der Waals surface area (Å²) in [6, 6.07) is 0. The van der Waals surface area contributed by atoms with Gasteiger partial charge in [0, 0.05) is 12.8 Å². The third-order valence-corrected chi connectivity index (χ3v) is 12.5. The summed E-state index contributed by atoms with van der Waals surface area (Å²) in [6.07, 6.45) is 0.259. The van der Waals surface area contributed by atoms with Gasteiger partial charge in [-0.25, -0.2) is 0 Å². The second-order valence-electron chi connectivity index (χ2n) is 16.9. The van der Waals surface area contributed by atoms with Gasteiger partial charge in [0.05, 0.1) is 13.2 Å². The van der Waals surface area contributed by atoms with E-state index in [9.17, 15) is 59.9 Å². The van der Waals surface area contributed by atoms with E-state index in [-0.39, 0.29) is 12.8 Å². The number of carbonyl (C=O) groups excluding carboxylic acids is 2. The zero-order chi connectivity index (χ0) is 45.9. The van der Waals surface area contributed by atoms with Crippen molar-refractivity contribution in [1.29, 1.82) is 0 Å². The minimum absolute atomic E-state index is 0.0229. The molecule has 13 atom stereocenters. The highest BCUT2D eigenvalue weighted by atomic mass is 31.2. The van der Waals surface area contributed by atoms with Crippen molar-refractivity contribution in [1.82, 2.24) is 0 Å². The summed E-state index contributed by atoms with van der Waals surface area (Å²) in [5.41, 5.74) is 0. The largest absolute Gasteiger partial charge is 0.756 e. The normalized spacial score (nSPS) is 29.2. The van der Waals surface area contributed by atoms with Gasteiger partial charge in [-0.2, -0.15) is 0 Å². The van der Waals surface area contributed by atoms with Crippen LogP contribution in [-0.4, -0.2) is 146 Å². The standard InChI is InChI=1S/C43H81O18P/c1-3-5-7-9-11-13-15-17-19-21-23-25-32(45)56-28-30(58-33(46)26-24-22-20-18-16-14-12-10-8-6-4-2)29-57-62(54,55)61-42-39(52)37(50)36(49)38(51)41(42)60-43-40(53)35(48)34(47)31(27-44)59-43/h30-31,34-44,47-53H,3-29H2,1-2H3,(H,54,55)/p-1/t30-,31-,34-,35+,36-,37-,38+,39+,40+,41+,42-,43-/m1/s1. The van der Waals surface area contributed by atoms with E-state index in [1.54, 1.807) is 0 Å². The molecule has 1 aliphatic carbocycles. The number of hydrogen-bond acceptors (Lipinski definition) is 18. The Kier molecular flexibility index (Phi) is 29.6. The summed E-state index contributed by atoms with van der Waals surface area (Å²) in [5, 5.41) is 82.6. The summed E-state index contributed by atoms with van der Waals surface area (Å²) in [7, 11) is -5.61. The van der Waals surface area contributed by atoms with Crippen LogP contribution in [0.25, 0.3) is 0 Å². The van der Waals surface area contributed by atoms with Crippen LogP contribution in [0, 0.1) is 0 Å². The molecule has 0 radical (unpaired) electrons. The molecule has 1 saturated carbocycles. The van der Waals surface area contributed by atoms with Crippen molar-refractivity contribution >= 4 is 19.8 Å². The molecule has 2 aliphatic rings. The van der Waals surface area contributed by atoms with Gasteiger partial charge in [-0.3, -0.25) is 14.2 Å². The van der Waals surface area contributed by atoms with Crippen molar-refractivity contribution in [3.8, 4) is 0 Å². The van der Waals surface area contributed by atoms with Gasteiger partial charge in [-0.05, 0) is 12.8 Å². The average molecular weight is 916 g/mol. The first kappa shape index (κ1) is 56.8. The first-order valence-electron chi connectivity index (χ1n) is 23.3. The van der Waals surface area contributed by atoms with Crippen molar-refractivity contribution in [3.63, 3.8) is 0 Å². The number of unbranched alkanes of at least 4 members (excludes halogenated alkanes) is 20.